The molecular weight excluding hydrogens is 240 g/mol. The number of piperazine rings is 1. The van der Waals surface area contributed by atoms with Gasteiger partial charge in [-0.2, -0.15) is 0 Å². The first kappa shape index (κ1) is 12.2. The van der Waals surface area contributed by atoms with Crippen molar-refractivity contribution in [1.82, 2.24) is 9.80 Å². The highest BCUT2D eigenvalue weighted by atomic mass is 16.2. The lowest BCUT2D eigenvalue weighted by Gasteiger charge is -2.37. The van der Waals surface area contributed by atoms with Gasteiger partial charge in [0.1, 0.15) is 0 Å². The Kier molecular flexibility index (Phi) is 3.01. The van der Waals surface area contributed by atoms with Crippen LogP contribution in [-0.4, -0.2) is 47.3 Å². The molecule has 2 aliphatic heterocycles. The summed E-state index contributed by atoms with van der Waals surface area (Å²) in [6, 6.07) is 9.57. The second-order valence-electron chi connectivity index (χ2n) is 5.44. The summed E-state index contributed by atoms with van der Waals surface area (Å²) in [5.41, 5.74) is 0.730. The van der Waals surface area contributed by atoms with E-state index in [1.54, 1.807) is 0 Å². The summed E-state index contributed by atoms with van der Waals surface area (Å²) in [6.07, 6.45) is 0.872. The Balaban J connectivity index is 1.72. The summed E-state index contributed by atoms with van der Waals surface area (Å²) in [7, 11) is 0. The Hall–Kier alpha value is -1.84. The highest BCUT2D eigenvalue weighted by molar-refractivity contribution is 5.94. The number of amides is 2. The fourth-order valence-electron chi connectivity index (χ4n) is 3.09. The van der Waals surface area contributed by atoms with Gasteiger partial charge in [0.25, 0.3) is 5.91 Å². The maximum absolute atomic E-state index is 12.4. The van der Waals surface area contributed by atoms with Crippen LogP contribution < -0.4 is 0 Å². The monoisotopic (exact) mass is 258 g/mol. The van der Waals surface area contributed by atoms with Crippen molar-refractivity contribution < 1.29 is 9.59 Å². The van der Waals surface area contributed by atoms with E-state index in [4.69, 9.17) is 0 Å². The second kappa shape index (κ2) is 4.68. The van der Waals surface area contributed by atoms with Crippen LogP contribution in [0.5, 0.6) is 0 Å². The quantitative estimate of drug-likeness (QED) is 0.763. The van der Waals surface area contributed by atoms with E-state index in [2.05, 4.69) is 0 Å². The van der Waals surface area contributed by atoms with Crippen LogP contribution in [0.15, 0.2) is 30.3 Å². The van der Waals surface area contributed by atoms with E-state index in [0.29, 0.717) is 19.6 Å². The van der Waals surface area contributed by atoms with E-state index in [1.165, 1.54) is 0 Å². The first-order chi connectivity index (χ1) is 9.16. The van der Waals surface area contributed by atoms with E-state index in [1.807, 2.05) is 47.1 Å². The van der Waals surface area contributed by atoms with Crippen LogP contribution in [0.1, 0.15) is 23.7 Å². The summed E-state index contributed by atoms with van der Waals surface area (Å²) in [4.78, 5) is 28.1. The van der Waals surface area contributed by atoms with Crippen molar-refractivity contribution in [2.24, 2.45) is 5.92 Å². The molecular formula is C15H18N2O2. The maximum atomic E-state index is 12.4. The van der Waals surface area contributed by atoms with Gasteiger partial charge in [-0.15, -0.1) is 0 Å². The minimum absolute atomic E-state index is 0.0762. The van der Waals surface area contributed by atoms with Crippen molar-refractivity contribution >= 4 is 11.8 Å². The Morgan fingerprint density at radius 3 is 2.68 bits per heavy atom. The maximum Gasteiger partial charge on any atom is 0.253 e. The van der Waals surface area contributed by atoms with Gasteiger partial charge in [-0.3, -0.25) is 9.59 Å². The van der Waals surface area contributed by atoms with Gasteiger partial charge in [0, 0.05) is 31.1 Å². The zero-order chi connectivity index (χ0) is 13.4. The Morgan fingerprint density at radius 2 is 1.95 bits per heavy atom. The predicted octanol–water partition coefficient (Wildman–Crippen LogP) is 1.38. The average molecular weight is 258 g/mol. The third-order valence-corrected chi connectivity index (χ3v) is 4.12. The standard InChI is InChI=1S/C15H18N2O2/c1-11-9-13-10-16(7-8-17(13)14(11)18)15(19)12-5-3-2-4-6-12/h2-6,11,13H,7-10H2,1H3/t11-,13-/m1/s1. The SMILES string of the molecule is C[C@@H]1C[C@@H]2CN(C(=O)c3ccccc3)CCN2C1=O. The highest BCUT2D eigenvalue weighted by Crippen LogP contribution is 2.27. The smallest absolute Gasteiger partial charge is 0.253 e. The molecule has 2 fully saturated rings. The van der Waals surface area contributed by atoms with Crippen LogP contribution in [0.2, 0.25) is 0 Å². The van der Waals surface area contributed by atoms with E-state index < -0.39 is 0 Å². The van der Waals surface area contributed by atoms with Crippen LogP contribution >= 0.6 is 0 Å². The van der Waals surface area contributed by atoms with E-state index in [0.717, 1.165) is 12.0 Å². The molecule has 0 unspecified atom stereocenters. The van der Waals surface area contributed by atoms with Crippen molar-refractivity contribution in [3.05, 3.63) is 35.9 Å². The molecule has 4 nitrogen and oxygen atoms in total. The third-order valence-electron chi connectivity index (χ3n) is 4.12. The molecule has 1 aromatic rings. The van der Waals surface area contributed by atoms with E-state index in [9.17, 15) is 9.59 Å². The lowest BCUT2D eigenvalue weighted by Crippen LogP contribution is -2.53. The highest BCUT2D eigenvalue weighted by Gasteiger charge is 2.41. The molecule has 2 amide bonds. The lowest BCUT2D eigenvalue weighted by molar-refractivity contribution is -0.132. The summed E-state index contributed by atoms with van der Waals surface area (Å²) < 4.78 is 0. The van der Waals surface area contributed by atoms with Crippen molar-refractivity contribution in [3.63, 3.8) is 0 Å². The van der Waals surface area contributed by atoms with Gasteiger partial charge >= 0.3 is 0 Å². The molecule has 1 aromatic carbocycles. The number of carbonyl (C=O) groups excluding carboxylic acids is 2. The summed E-state index contributed by atoms with van der Waals surface area (Å²) in [5, 5.41) is 0. The molecule has 0 bridgehead atoms. The van der Waals surface area contributed by atoms with Gasteiger partial charge in [0.15, 0.2) is 0 Å². The number of carbonyl (C=O) groups is 2. The molecule has 2 heterocycles. The van der Waals surface area contributed by atoms with Gasteiger partial charge < -0.3 is 9.80 Å². The fourth-order valence-corrected chi connectivity index (χ4v) is 3.09. The molecule has 2 atom stereocenters. The Morgan fingerprint density at radius 1 is 1.21 bits per heavy atom. The molecule has 4 heteroatoms. The minimum Gasteiger partial charge on any atom is -0.336 e. The summed E-state index contributed by atoms with van der Waals surface area (Å²) in [5.74, 6) is 0.431. The summed E-state index contributed by atoms with van der Waals surface area (Å²) in [6.45, 7) is 3.96. The normalized spacial score (nSPS) is 26.5. The predicted molar refractivity (Wildman–Crippen MR) is 71.6 cm³/mol. The molecule has 0 radical (unpaired) electrons. The van der Waals surface area contributed by atoms with Crippen LogP contribution in [0.25, 0.3) is 0 Å². The summed E-state index contributed by atoms with van der Waals surface area (Å²) >= 11 is 0. The minimum atomic E-state index is 0.0762. The van der Waals surface area contributed by atoms with Crippen molar-refractivity contribution in [2.75, 3.05) is 19.6 Å². The van der Waals surface area contributed by atoms with E-state index >= 15 is 0 Å². The molecule has 0 aliphatic carbocycles. The van der Waals surface area contributed by atoms with Gasteiger partial charge in [-0.25, -0.2) is 0 Å². The molecule has 0 N–H and O–H groups in total. The van der Waals surface area contributed by atoms with E-state index in [-0.39, 0.29) is 23.8 Å². The van der Waals surface area contributed by atoms with Gasteiger partial charge in [-0.05, 0) is 18.6 Å². The largest absolute Gasteiger partial charge is 0.336 e. The Labute approximate surface area is 113 Å². The van der Waals surface area contributed by atoms with Gasteiger partial charge in [0.05, 0.1) is 6.04 Å². The van der Waals surface area contributed by atoms with Crippen LogP contribution in [-0.2, 0) is 4.79 Å². The van der Waals surface area contributed by atoms with Crippen LogP contribution in [0.3, 0.4) is 0 Å². The average Bonchev–Trinajstić information content (AvgIpc) is 2.74. The van der Waals surface area contributed by atoms with Crippen LogP contribution in [0, 0.1) is 5.92 Å². The zero-order valence-corrected chi connectivity index (χ0v) is 11.1. The Bertz CT molecular complexity index is 500. The van der Waals surface area contributed by atoms with Gasteiger partial charge in [0.2, 0.25) is 5.91 Å². The lowest BCUT2D eigenvalue weighted by atomic mass is 10.1. The number of nitrogens with zero attached hydrogens (tertiary/aromatic N) is 2. The second-order valence-corrected chi connectivity index (χ2v) is 5.44. The fraction of sp³-hybridized carbons (Fsp3) is 0.467. The number of fused-ring (bicyclic) bond motifs is 1. The number of hydrogen-bond acceptors (Lipinski definition) is 2. The molecule has 0 aromatic heterocycles. The number of rotatable bonds is 1. The van der Waals surface area contributed by atoms with Crippen molar-refractivity contribution in [3.8, 4) is 0 Å². The molecule has 19 heavy (non-hydrogen) atoms. The van der Waals surface area contributed by atoms with Gasteiger partial charge in [-0.1, -0.05) is 25.1 Å². The molecule has 0 saturated carbocycles. The molecule has 2 aliphatic rings. The molecule has 100 valence electrons. The van der Waals surface area contributed by atoms with Crippen molar-refractivity contribution in [1.29, 1.82) is 0 Å². The molecule has 3 rings (SSSR count). The van der Waals surface area contributed by atoms with Crippen molar-refractivity contribution in [2.45, 2.75) is 19.4 Å². The third kappa shape index (κ3) is 2.11. The topological polar surface area (TPSA) is 40.6 Å². The number of benzene rings is 1. The molecule has 2 saturated heterocycles. The zero-order valence-electron chi connectivity index (χ0n) is 11.1. The van der Waals surface area contributed by atoms with Crippen LogP contribution in [0.4, 0.5) is 0 Å². The molecule has 0 spiro atoms. The first-order valence-electron chi connectivity index (χ1n) is 6.81. The number of hydrogen-bond donors (Lipinski definition) is 0. The first-order valence-corrected chi connectivity index (χ1v) is 6.81.